The molecule has 1 aromatic rings. The molecule has 92 valence electrons. The normalized spacial score (nSPS) is 19.0. The molecule has 0 amide bonds. The van der Waals surface area contributed by atoms with Gasteiger partial charge < -0.3 is 15.7 Å². The summed E-state index contributed by atoms with van der Waals surface area (Å²) in [5.74, 6) is 1.14. The van der Waals surface area contributed by atoms with Crippen LogP contribution in [-0.4, -0.2) is 35.1 Å². The standard InChI is InChI=1S/C12H17N3O2/c1-9(12(13)14-16)15-6-7-17-11-5-3-2-4-10(11)8-15/h2-5,9,16H,6-8H2,1H3,(H2,13,14). The molecule has 1 aliphatic rings. The van der Waals surface area contributed by atoms with Gasteiger partial charge in [-0.25, -0.2) is 0 Å². The molecular weight excluding hydrogens is 218 g/mol. The molecule has 0 spiro atoms. The minimum absolute atomic E-state index is 0.102. The number of nitrogens with two attached hydrogens (primary N) is 1. The maximum absolute atomic E-state index is 8.71. The van der Waals surface area contributed by atoms with Crippen molar-refractivity contribution in [1.82, 2.24) is 4.90 Å². The van der Waals surface area contributed by atoms with Crippen LogP contribution in [0, 0.1) is 0 Å². The van der Waals surface area contributed by atoms with Gasteiger partial charge in [0, 0.05) is 18.7 Å². The van der Waals surface area contributed by atoms with Crippen molar-refractivity contribution < 1.29 is 9.94 Å². The molecule has 1 heterocycles. The zero-order valence-electron chi connectivity index (χ0n) is 9.84. The fourth-order valence-electron chi connectivity index (χ4n) is 1.95. The molecule has 1 atom stereocenters. The number of oxime groups is 1. The van der Waals surface area contributed by atoms with Gasteiger partial charge in [0.15, 0.2) is 5.84 Å². The van der Waals surface area contributed by atoms with E-state index in [0.29, 0.717) is 6.61 Å². The van der Waals surface area contributed by atoms with Crippen molar-refractivity contribution in [3.8, 4) is 5.75 Å². The van der Waals surface area contributed by atoms with Crippen LogP contribution in [0.4, 0.5) is 0 Å². The molecular formula is C12H17N3O2. The lowest BCUT2D eigenvalue weighted by Crippen LogP contribution is -2.43. The van der Waals surface area contributed by atoms with Gasteiger partial charge in [0.25, 0.3) is 0 Å². The molecule has 0 saturated carbocycles. The Hall–Kier alpha value is -1.75. The summed E-state index contributed by atoms with van der Waals surface area (Å²) in [4.78, 5) is 2.13. The highest BCUT2D eigenvalue weighted by molar-refractivity contribution is 5.84. The molecule has 17 heavy (non-hydrogen) atoms. The summed E-state index contributed by atoms with van der Waals surface area (Å²) >= 11 is 0. The summed E-state index contributed by atoms with van der Waals surface area (Å²) in [5, 5.41) is 11.8. The fraction of sp³-hybridized carbons (Fsp3) is 0.417. The lowest BCUT2D eigenvalue weighted by atomic mass is 10.1. The first-order chi connectivity index (χ1) is 8.22. The van der Waals surface area contributed by atoms with Crippen LogP contribution in [0.25, 0.3) is 0 Å². The van der Waals surface area contributed by atoms with Crippen LogP contribution >= 0.6 is 0 Å². The van der Waals surface area contributed by atoms with E-state index < -0.39 is 0 Å². The Kier molecular flexibility index (Phi) is 3.49. The molecule has 0 fully saturated rings. The Morgan fingerprint density at radius 3 is 3.06 bits per heavy atom. The highest BCUT2D eigenvalue weighted by atomic mass is 16.5. The first-order valence-corrected chi connectivity index (χ1v) is 5.64. The second-order valence-corrected chi connectivity index (χ2v) is 4.13. The monoisotopic (exact) mass is 235 g/mol. The number of ether oxygens (including phenoxy) is 1. The van der Waals surface area contributed by atoms with Crippen LogP contribution in [0.3, 0.4) is 0 Å². The van der Waals surface area contributed by atoms with Crippen molar-refractivity contribution in [2.24, 2.45) is 10.9 Å². The van der Waals surface area contributed by atoms with E-state index in [9.17, 15) is 0 Å². The minimum Gasteiger partial charge on any atom is -0.492 e. The Labute approximate surface area is 100 Å². The molecule has 5 nitrogen and oxygen atoms in total. The average molecular weight is 235 g/mol. The summed E-state index contributed by atoms with van der Waals surface area (Å²) in [6.45, 7) is 4.03. The minimum atomic E-state index is -0.102. The number of hydrogen-bond acceptors (Lipinski definition) is 4. The number of nitrogens with zero attached hydrogens (tertiary/aromatic N) is 2. The van der Waals surface area contributed by atoms with E-state index in [1.165, 1.54) is 0 Å². The van der Waals surface area contributed by atoms with Gasteiger partial charge in [0.05, 0.1) is 6.04 Å². The van der Waals surface area contributed by atoms with Crippen molar-refractivity contribution in [2.45, 2.75) is 19.5 Å². The predicted molar refractivity (Wildman–Crippen MR) is 65.2 cm³/mol. The number of fused-ring (bicyclic) bond motifs is 1. The highest BCUT2D eigenvalue weighted by Gasteiger charge is 2.21. The summed E-state index contributed by atoms with van der Waals surface area (Å²) < 4.78 is 5.66. The first-order valence-electron chi connectivity index (χ1n) is 5.64. The highest BCUT2D eigenvalue weighted by Crippen LogP contribution is 2.23. The molecule has 0 radical (unpaired) electrons. The van der Waals surface area contributed by atoms with E-state index in [2.05, 4.69) is 10.1 Å². The number of amidine groups is 1. The SMILES string of the molecule is CC(C(N)=NO)N1CCOc2ccccc2C1. The maximum atomic E-state index is 8.71. The quantitative estimate of drug-likeness (QED) is 0.347. The molecule has 0 aliphatic carbocycles. The number of rotatable bonds is 2. The van der Waals surface area contributed by atoms with E-state index in [-0.39, 0.29) is 11.9 Å². The number of para-hydroxylation sites is 1. The molecule has 0 saturated heterocycles. The summed E-state index contributed by atoms with van der Waals surface area (Å²) in [5.41, 5.74) is 6.76. The zero-order chi connectivity index (χ0) is 12.3. The van der Waals surface area contributed by atoms with Crippen LogP contribution in [-0.2, 0) is 6.54 Å². The lowest BCUT2D eigenvalue weighted by Gasteiger charge is -2.25. The van der Waals surface area contributed by atoms with Gasteiger partial charge in [0.2, 0.25) is 0 Å². The second-order valence-electron chi connectivity index (χ2n) is 4.13. The Balaban J connectivity index is 2.18. The van der Waals surface area contributed by atoms with Crippen LogP contribution in [0.5, 0.6) is 5.75 Å². The van der Waals surface area contributed by atoms with Crippen LogP contribution in [0.1, 0.15) is 12.5 Å². The van der Waals surface area contributed by atoms with Gasteiger partial charge >= 0.3 is 0 Å². The van der Waals surface area contributed by atoms with E-state index in [4.69, 9.17) is 15.7 Å². The Bertz CT molecular complexity index is 420. The third-order valence-electron chi connectivity index (χ3n) is 3.07. The first kappa shape index (κ1) is 11.7. The molecule has 3 N–H and O–H groups in total. The van der Waals surface area contributed by atoms with E-state index >= 15 is 0 Å². The van der Waals surface area contributed by atoms with Gasteiger partial charge in [-0.05, 0) is 13.0 Å². The van der Waals surface area contributed by atoms with Gasteiger partial charge in [-0.15, -0.1) is 0 Å². The van der Waals surface area contributed by atoms with Crippen LogP contribution in [0.15, 0.2) is 29.4 Å². The van der Waals surface area contributed by atoms with Crippen molar-refractivity contribution in [2.75, 3.05) is 13.2 Å². The van der Waals surface area contributed by atoms with E-state index in [1.54, 1.807) is 0 Å². The van der Waals surface area contributed by atoms with Gasteiger partial charge in [-0.3, -0.25) is 4.90 Å². The average Bonchev–Trinajstić information content (AvgIpc) is 2.58. The fourth-order valence-corrected chi connectivity index (χ4v) is 1.95. The molecule has 5 heteroatoms. The Morgan fingerprint density at radius 1 is 1.53 bits per heavy atom. The zero-order valence-corrected chi connectivity index (χ0v) is 9.84. The van der Waals surface area contributed by atoms with E-state index in [0.717, 1.165) is 24.4 Å². The van der Waals surface area contributed by atoms with Crippen molar-refractivity contribution in [3.63, 3.8) is 0 Å². The van der Waals surface area contributed by atoms with Crippen molar-refractivity contribution >= 4 is 5.84 Å². The van der Waals surface area contributed by atoms with Gasteiger partial charge in [-0.2, -0.15) is 0 Å². The third-order valence-corrected chi connectivity index (χ3v) is 3.07. The molecule has 0 bridgehead atoms. The largest absolute Gasteiger partial charge is 0.492 e. The summed E-state index contributed by atoms with van der Waals surface area (Å²) in [6, 6.07) is 7.84. The molecule has 2 rings (SSSR count). The van der Waals surface area contributed by atoms with Crippen LogP contribution < -0.4 is 10.5 Å². The number of benzene rings is 1. The second kappa shape index (κ2) is 5.05. The third kappa shape index (κ3) is 2.50. The van der Waals surface area contributed by atoms with Crippen LogP contribution in [0.2, 0.25) is 0 Å². The van der Waals surface area contributed by atoms with Crippen molar-refractivity contribution in [3.05, 3.63) is 29.8 Å². The molecule has 1 unspecified atom stereocenters. The Morgan fingerprint density at radius 2 is 2.29 bits per heavy atom. The maximum Gasteiger partial charge on any atom is 0.156 e. The van der Waals surface area contributed by atoms with Gasteiger partial charge in [0.1, 0.15) is 12.4 Å². The smallest absolute Gasteiger partial charge is 0.156 e. The molecule has 1 aliphatic heterocycles. The molecule has 1 aromatic carbocycles. The topological polar surface area (TPSA) is 71.1 Å². The lowest BCUT2D eigenvalue weighted by molar-refractivity contribution is 0.206. The molecule has 0 aromatic heterocycles. The van der Waals surface area contributed by atoms with Crippen molar-refractivity contribution in [1.29, 1.82) is 0 Å². The predicted octanol–water partition coefficient (Wildman–Crippen LogP) is 1.02. The van der Waals surface area contributed by atoms with E-state index in [1.807, 2.05) is 31.2 Å². The van der Waals surface area contributed by atoms with Gasteiger partial charge in [-0.1, -0.05) is 23.4 Å². The summed E-state index contributed by atoms with van der Waals surface area (Å²) in [7, 11) is 0. The summed E-state index contributed by atoms with van der Waals surface area (Å²) in [6.07, 6.45) is 0. The number of hydrogen-bond donors (Lipinski definition) is 2.